The van der Waals surface area contributed by atoms with Gasteiger partial charge in [0.05, 0.1) is 18.4 Å². The summed E-state index contributed by atoms with van der Waals surface area (Å²) < 4.78 is 56.2. The van der Waals surface area contributed by atoms with Gasteiger partial charge in [0.2, 0.25) is 0 Å². The Morgan fingerprint density at radius 2 is 1.70 bits per heavy atom. The Bertz CT molecular complexity index is 996. The molecule has 1 atom stereocenters. The summed E-state index contributed by atoms with van der Waals surface area (Å²) in [4.78, 5) is 28.1. The Kier molecular flexibility index (Phi) is 6.63. The molecule has 1 N–H and O–H groups in total. The number of nitrogens with one attached hydrogen (secondary N) is 1. The van der Waals surface area contributed by atoms with E-state index in [1.54, 1.807) is 0 Å². The number of anilines is 1. The third-order valence-corrected chi connectivity index (χ3v) is 5.06. The first kappa shape index (κ1) is 21.7. The van der Waals surface area contributed by atoms with E-state index in [4.69, 9.17) is 4.74 Å². The van der Waals surface area contributed by atoms with Gasteiger partial charge < -0.3 is 23.8 Å². The zero-order chi connectivity index (χ0) is 21.8. The molecule has 1 aliphatic heterocycles. The van der Waals surface area contributed by atoms with E-state index in [1.165, 1.54) is 47.2 Å². The summed E-state index contributed by atoms with van der Waals surface area (Å²) in [6, 6.07) is 7.70. The van der Waals surface area contributed by atoms with E-state index in [2.05, 4.69) is 4.72 Å². The number of methoxy groups -OCH3 is 1. The maximum atomic E-state index is 13.9. The Hall–Kier alpha value is -3.05. The second-order valence-corrected chi connectivity index (χ2v) is 7.11. The molecule has 160 valence electrons. The lowest BCUT2D eigenvalue weighted by molar-refractivity contribution is 0.0532. The molecule has 1 saturated heterocycles. The Morgan fingerprint density at radius 3 is 2.30 bits per heavy atom. The smallest absolute Gasteiger partial charge is 0.257 e. The largest absolute Gasteiger partial charge is 0.755 e. The van der Waals surface area contributed by atoms with Crippen LogP contribution in [0.2, 0.25) is 0 Å². The number of hydrogen-bond donors (Lipinski definition) is 1. The fraction of sp³-hybridized carbons (Fsp3) is 0.263. The minimum atomic E-state index is -2.54. The van der Waals surface area contributed by atoms with Crippen molar-refractivity contribution in [2.24, 2.45) is 0 Å². The Balaban J connectivity index is 1.67. The second kappa shape index (κ2) is 9.18. The summed E-state index contributed by atoms with van der Waals surface area (Å²) in [5.41, 5.74) is 0.123. The minimum absolute atomic E-state index is 0.159. The molecule has 0 bridgehead atoms. The molecule has 30 heavy (non-hydrogen) atoms. The fourth-order valence-electron chi connectivity index (χ4n) is 3.13. The van der Waals surface area contributed by atoms with Crippen molar-refractivity contribution in [3.63, 3.8) is 0 Å². The zero-order valence-corrected chi connectivity index (χ0v) is 16.7. The first-order chi connectivity index (χ1) is 14.3. The average Bonchev–Trinajstić information content (AvgIpc) is 2.74. The van der Waals surface area contributed by atoms with Crippen LogP contribution < -0.4 is 9.46 Å². The highest BCUT2D eigenvalue weighted by Crippen LogP contribution is 2.27. The fourth-order valence-corrected chi connectivity index (χ4v) is 3.48. The molecule has 1 aliphatic rings. The first-order valence-electron chi connectivity index (χ1n) is 8.88. The topological polar surface area (TPSA) is 102 Å². The minimum Gasteiger partial charge on any atom is -0.755 e. The molecule has 0 aromatic heterocycles. The summed E-state index contributed by atoms with van der Waals surface area (Å²) in [6.07, 6.45) is 0. The van der Waals surface area contributed by atoms with Gasteiger partial charge in [0.1, 0.15) is 5.75 Å². The van der Waals surface area contributed by atoms with Crippen LogP contribution in [0.1, 0.15) is 20.7 Å². The number of carbonyl (C=O) groups excluding carboxylic acids is 2. The molecule has 0 spiro atoms. The predicted molar refractivity (Wildman–Crippen MR) is 104 cm³/mol. The summed E-state index contributed by atoms with van der Waals surface area (Å²) in [5.74, 6) is -3.07. The molecule has 3 rings (SSSR count). The van der Waals surface area contributed by atoms with Gasteiger partial charge in [-0.25, -0.2) is 8.78 Å². The number of amides is 2. The van der Waals surface area contributed by atoms with Crippen molar-refractivity contribution in [1.82, 2.24) is 9.80 Å². The third kappa shape index (κ3) is 4.57. The number of nitrogens with zero attached hydrogens (tertiary/aromatic N) is 2. The van der Waals surface area contributed by atoms with Gasteiger partial charge in [-0.05, 0) is 30.3 Å². The molecule has 2 aromatic carbocycles. The average molecular weight is 438 g/mol. The van der Waals surface area contributed by atoms with Crippen LogP contribution in [0.25, 0.3) is 0 Å². The highest BCUT2D eigenvalue weighted by molar-refractivity contribution is 7.80. The van der Waals surface area contributed by atoms with Crippen LogP contribution in [0.5, 0.6) is 5.75 Å². The summed E-state index contributed by atoms with van der Waals surface area (Å²) in [6.45, 7) is 0.724. The van der Waals surface area contributed by atoms with Crippen molar-refractivity contribution >= 4 is 28.8 Å². The number of benzene rings is 2. The van der Waals surface area contributed by atoms with Crippen LogP contribution in [-0.4, -0.2) is 63.7 Å². The number of hydrogen-bond acceptors (Lipinski definition) is 5. The van der Waals surface area contributed by atoms with E-state index < -0.39 is 28.8 Å². The summed E-state index contributed by atoms with van der Waals surface area (Å²) >= 11 is -2.54. The van der Waals surface area contributed by atoms with Gasteiger partial charge in [0.25, 0.3) is 11.8 Å². The number of halogens is 2. The van der Waals surface area contributed by atoms with Crippen LogP contribution in [0.3, 0.4) is 0 Å². The molecular formula is C19H18F2N3O5S-. The van der Waals surface area contributed by atoms with E-state index in [9.17, 15) is 27.1 Å². The van der Waals surface area contributed by atoms with Gasteiger partial charge in [-0.1, -0.05) is 6.07 Å². The molecule has 2 aromatic rings. The molecule has 8 nitrogen and oxygen atoms in total. The van der Waals surface area contributed by atoms with Gasteiger partial charge in [-0.3, -0.25) is 13.8 Å². The van der Waals surface area contributed by atoms with Crippen LogP contribution >= 0.6 is 0 Å². The quantitative estimate of drug-likeness (QED) is 0.717. The van der Waals surface area contributed by atoms with Gasteiger partial charge in [-0.2, -0.15) is 0 Å². The highest BCUT2D eigenvalue weighted by atomic mass is 32.2. The molecule has 1 fully saturated rings. The highest BCUT2D eigenvalue weighted by Gasteiger charge is 2.27. The van der Waals surface area contributed by atoms with Crippen molar-refractivity contribution in [2.45, 2.75) is 0 Å². The van der Waals surface area contributed by atoms with Crippen LogP contribution in [0.15, 0.2) is 36.4 Å². The molecule has 0 radical (unpaired) electrons. The first-order valence-corrected chi connectivity index (χ1v) is 9.96. The zero-order valence-electron chi connectivity index (χ0n) is 15.9. The molecule has 0 aliphatic carbocycles. The maximum Gasteiger partial charge on any atom is 0.257 e. The van der Waals surface area contributed by atoms with Gasteiger partial charge in [0, 0.05) is 43.0 Å². The molecule has 1 unspecified atom stereocenters. The van der Waals surface area contributed by atoms with Gasteiger partial charge in [0.15, 0.2) is 11.6 Å². The van der Waals surface area contributed by atoms with E-state index in [1.807, 2.05) is 0 Å². The van der Waals surface area contributed by atoms with Crippen molar-refractivity contribution in [3.05, 3.63) is 59.2 Å². The molecule has 2 amide bonds. The number of piperazine rings is 1. The lowest BCUT2D eigenvalue weighted by atomic mass is 10.1. The molecule has 0 saturated carbocycles. The lowest BCUT2D eigenvalue weighted by Crippen LogP contribution is -2.50. The lowest BCUT2D eigenvalue weighted by Gasteiger charge is -2.35. The van der Waals surface area contributed by atoms with E-state index in [-0.39, 0.29) is 54.7 Å². The van der Waals surface area contributed by atoms with Gasteiger partial charge in [-0.15, -0.1) is 0 Å². The Labute approximate surface area is 173 Å². The van der Waals surface area contributed by atoms with Crippen LogP contribution in [0, 0.1) is 11.6 Å². The van der Waals surface area contributed by atoms with E-state index >= 15 is 0 Å². The van der Waals surface area contributed by atoms with Crippen molar-refractivity contribution in [2.75, 3.05) is 38.0 Å². The van der Waals surface area contributed by atoms with Crippen molar-refractivity contribution < 1.29 is 31.9 Å². The second-order valence-electron chi connectivity index (χ2n) is 6.44. The Morgan fingerprint density at radius 1 is 1.07 bits per heavy atom. The summed E-state index contributed by atoms with van der Waals surface area (Å²) in [5, 5.41) is 0. The van der Waals surface area contributed by atoms with Crippen LogP contribution in [0.4, 0.5) is 14.5 Å². The van der Waals surface area contributed by atoms with Gasteiger partial charge >= 0.3 is 0 Å². The predicted octanol–water partition coefficient (Wildman–Crippen LogP) is 1.78. The molecule has 1 heterocycles. The monoisotopic (exact) mass is 438 g/mol. The standard InChI is InChI=1S/C19H19F2N3O5S/c1-29-16-11-12(5-6-15(16)22-30(27)28)18(25)23-7-9-24(10-8-23)19(26)13-3-2-4-14(20)17(13)21/h2-6,11,22H,7-10H2,1H3,(H,27,28)/p-1. The summed E-state index contributed by atoms with van der Waals surface area (Å²) in [7, 11) is 1.35. The normalized spacial score (nSPS) is 14.9. The van der Waals surface area contributed by atoms with E-state index in [0.717, 1.165) is 6.07 Å². The van der Waals surface area contributed by atoms with E-state index in [0.29, 0.717) is 0 Å². The number of ether oxygens (including phenoxy) is 1. The van der Waals surface area contributed by atoms with Crippen LogP contribution in [-0.2, 0) is 11.3 Å². The number of rotatable bonds is 5. The third-order valence-electron chi connectivity index (χ3n) is 4.68. The maximum absolute atomic E-state index is 13.9. The van der Waals surface area contributed by atoms with Crippen molar-refractivity contribution in [1.29, 1.82) is 0 Å². The number of carbonyl (C=O) groups is 2. The molecular weight excluding hydrogens is 420 g/mol. The van der Waals surface area contributed by atoms with Crippen molar-refractivity contribution in [3.8, 4) is 5.75 Å². The SMILES string of the molecule is COc1cc(C(=O)N2CCN(C(=O)c3cccc(F)c3F)CC2)ccc1NS(=O)[O-]. The molecule has 11 heteroatoms.